The van der Waals surface area contributed by atoms with Crippen LogP contribution in [0.3, 0.4) is 0 Å². The van der Waals surface area contributed by atoms with Crippen LogP contribution in [0.1, 0.15) is 35.3 Å². The van der Waals surface area contributed by atoms with Gasteiger partial charge in [-0.25, -0.2) is 0 Å². The lowest BCUT2D eigenvalue weighted by atomic mass is 10.1. The summed E-state index contributed by atoms with van der Waals surface area (Å²) in [4.78, 5) is 38.5. The zero-order valence-electron chi connectivity index (χ0n) is 19.3. The molecule has 8 nitrogen and oxygen atoms in total. The Hall–Kier alpha value is -3.26. The number of hydrogen-bond acceptors (Lipinski definition) is 7. The summed E-state index contributed by atoms with van der Waals surface area (Å²) in [6.07, 6.45) is 1.55. The van der Waals surface area contributed by atoms with Gasteiger partial charge >= 0.3 is 0 Å². The third kappa shape index (κ3) is 5.31. The summed E-state index contributed by atoms with van der Waals surface area (Å²) in [5, 5.41) is 9.77. The van der Waals surface area contributed by atoms with Crippen molar-refractivity contribution in [1.29, 1.82) is 0 Å². The predicted molar refractivity (Wildman–Crippen MR) is 121 cm³/mol. The third-order valence-electron chi connectivity index (χ3n) is 5.74. The van der Waals surface area contributed by atoms with Crippen LogP contribution in [-0.4, -0.2) is 69.9 Å². The van der Waals surface area contributed by atoms with Gasteiger partial charge < -0.3 is 14.7 Å². The topological polar surface area (TPSA) is 95.9 Å². The highest BCUT2D eigenvalue weighted by atomic mass is 16.5. The minimum absolute atomic E-state index is 0.000158. The molecule has 0 saturated carbocycles. The van der Waals surface area contributed by atoms with Crippen LogP contribution in [0.25, 0.3) is 6.08 Å². The molecule has 32 heavy (non-hydrogen) atoms. The molecule has 0 spiro atoms. The molecule has 2 aromatic rings. The van der Waals surface area contributed by atoms with E-state index in [4.69, 9.17) is 4.74 Å². The number of piperazine rings is 1. The molecule has 0 aliphatic carbocycles. The number of carbonyl (C=O) groups excluding carboxylic acids is 2. The normalized spacial score (nSPS) is 15.0. The maximum atomic E-state index is 13.1. The van der Waals surface area contributed by atoms with Crippen LogP contribution in [-0.2, 0) is 16.1 Å². The first-order valence-corrected chi connectivity index (χ1v) is 10.6. The number of phenols is 1. The van der Waals surface area contributed by atoms with Gasteiger partial charge in [0.05, 0.1) is 35.5 Å². The number of aryl methyl sites for hydroxylation is 3. The van der Waals surface area contributed by atoms with E-state index >= 15 is 0 Å². The van der Waals surface area contributed by atoms with E-state index in [1.165, 1.54) is 20.1 Å². The zero-order valence-corrected chi connectivity index (χ0v) is 19.3. The fourth-order valence-corrected chi connectivity index (χ4v) is 3.67. The van der Waals surface area contributed by atoms with Crippen molar-refractivity contribution in [3.63, 3.8) is 0 Å². The number of amides is 1. The molecule has 1 saturated heterocycles. The number of aromatic nitrogens is 2. The Labute approximate surface area is 188 Å². The summed E-state index contributed by atoms with van der Waals surface area (Å²) >= 11 is 0. The van der Waals surface area contributed by atoms with E-state index in [1.54, 1.807) is 23.1 Å². The molecule has 1 fully saturated rings. The molecule has 0 radical (unpaired) electrons. The fraction of sp³-hybridized carbons (Fsp3) is 0.417. The van der Waals surface area contributed by atoms with Gasteiger partial charge in [-0.2, -0.15) is 0 Å². The Kier molecular flexibility index (Phi) is 7.25. The first-order chi connectivity index (χ1) is 15.2. The van der Waals surface area contributed by atoms with Crippen LogP contribution >= 0.6 is 0 Å². The molecule has 0 bridgehead atoms. The van der Waals surface area contributed by atoms with E-state index in [9.17, 15) is 14.7 Å². The van der Waals surface area contributed by atoms with E-state index in [0.29, 0.717) is 38.3 Å². The molecule has 170 valence electrons. The van der Waals surface area contributed by atoms with Gasteiger partial charge in [0.15, 0.2) is 17.3 Å². The number of carbonyl (C=O) groups is 2. The van der Waals surface area contributed by atoms with Crippen molar-refractivity contribution in [2.24, 2.45) is 0 Å². The molecule has 1 N–H and O–H groups in total. The number of phenolic OH excluding ortho intramolecular Hbond substituents is 1. The monoisotopic (exact) mass is 438 g/mol. The highest BCUT2D eigenvalue weighted by Crippen LogP contribution is 2.27. The third-order valence-corrected chi connectivity index (χ3v) is 5.74. The van der Waals surface area contributed by atoms with Crippen LogP contribution < -0.4 is 4.74 Å². The van der Waals surface area contributed by atoms with Gasteiger partial charge in [0.1, 0.15) is 0 Å². The van der Waals surface area contributed by atoms with Crippen molar-refractivity contribution < 1.29 is 19.4 Å². The summed E-state index contributed by atoms with van der Waals surface area (Å²) in [5.74, 6) is -0.301. The molecule has 1 aliphatic heterocycles. The SMILES string of the molecule is COc1cc(/C=C(\C(C)=O)C(=O)N2CCN(Cc3nc(C)c(C)nc3C)CC2)ccc1O. The number of ether oxygens (including phenoxy) is 1. The number of methoxy groups -OCH3 is 1. The van der Waals surface area contributed by atoms with Crippen molar-refractivity contribution in [2.75, 3.05) is 33.3 Å². The van der Waals surface area contributed by atoms with Crippen molar-refractivity contribution in [3.05, 3.63) is 52.1 Å². The minimum atomic E-state index is -0.300. The average molecular weight is 439 g/mol. The smallest absolute Gasteiger partial charge is 0.257 e. The first-order valence-electron chi connectivity index (χ1n) is 10.6. The number of aromatic hydroxyl groups is 1. The van der Waals surface area contributed by atoms with E-state index in [0.717, 1.165) is 22.8 Å². The minimum Gasteiger partial charge on any atom is -0.504 e. The molecule has 3 rings (SSSR count). The van der Waals surface area contributed by atoms with Gasteiger partial charge in [-0.1, -0.05) is 6.07 Å². The molecular formula is C24H30N4O4. The Morgan fingerprint density at radius 1 is 1.06 bits per heavy atom. The molecule has 0 atom stereocenters. The zero-order chi connectivity index (χ0) is 23.4. The van der Waals surface area contributed by atoms with Crippen LogP contribution in [0.15, 0.2) is 23.8 Å². The average Bonchev–Trinajstić information content (AvgIpc) is 2.76. The van der Waals surface area contributed by atoms with Gasteiger partial charge in [0, 0.05) is 32.7 Å². The quantitative estimate of drug-likeness (QED) is 0.420. The maximum Gasteiger partial charge on any atom is 0.257 e. The fourth-order valence-electron chi connectivity index (χ4n) is 3.67. The van der Waals surface area contributed by atoms with E-state index in [-0.39, 0.29) is 28.8 Å². The maximum absolute atomic E-state index is 13.1. The van der Waals surface area contributed by atoms with E-state index in [1.807, 2.05) is 20.8 Å². The highest BCUT2D eigenvalue weighted by Gasteiger charge is 2.26. The molecule has 2 heterocycles. The van der Waals surface area contributed by atoms with E-state index < -0.39 is 0 Å². The van der Waals surface area contributed by atoms with Gasteiger partial charge in [-0.05, 0) is 51.5 Å². The Bertz CT molecular complexity index is 1060. The highest BCUT2D eigenvalue weighted by molar-refractivity contribution is 6.21. The van der Waals surface area contributed by atoms with Gasteiger partial charge in [-0.15, -0.1) is 0 Å². The van der Waals surface area contributed by atoms with E-state index in [2.05, 4.69) is 14.9 Å². The molecule has 0 unspecified atom stereocenters. The number of hydrogen-bond donors (Lipinski definition) is 1. The van der Waals surface area contributed by atoms with Crippen molar-refractivity contribution >= 4 is 17.8 Å². The lowest BCUT2D eigenvalue weighted by molar-refractivity contribution is -0.130. The molecule has 1 aromatic carbocycles. The summed E-state index contributed by atoms with van der Waals surface area (Å²) in [6, 6.07) is 4.71. The van der Waals surface area contributed by atoms with Crippen LogP contribution in [0, 0.1) is 20.8 Å². The molecule has 8 heteroatoms. The van der Waals surface area contributed by atoms with Crippen molar-refractivity contribution in [3.8, 4) is 11.5 Å². The summed E-state index contributed by atoms with van der Waals surface area (Å²) in [6.45, 7) is 10.4. The molecule has 1 amide bonds. The van der Waals surface area contributed by atoms with Crippen molar-refractivity contribution in [2.45, 2.75) is 34.2 Å². The second kappa shape index (κ2) is 9.91. The number of rotatable bonds is 6. The van der Waals surface area contributed by atoms with Crippen LogP contribution in [0.5, 0.6) is 11.5 Å². The van der Waals surface area contributed by atoms with Crippen molar-refractivity contribution in [1.82, 2.24) is 19.8 Å². The number of ketones is 1. The van der Waals surface area contributed by atoms with Gasteiger partial charge in [0.25, 0.3) is 5.91 Å². The Balaban J connectivity index is 1.69. The van der Waals surface area contributed by atoms with Crippen LogP contribution in [0.2, 0.25) is 0 Å². The second-order valence-corrected chi connectivity index (χ2v) is 8.04. The standard InChI is InChI=1S/C24H30N4O4/c1-15-16(2)26-21(17(3)25-15)14-27-8-10-28(11-9-27)24(31)20(18(4)29)12-19-6-7-22(30)23(13-19)32-5/h6-7,12-13,30H,8-11,14H2,1-5H3/b20-12+. The Morgan fingerprint density at radius 2 is 1.72 bits per heavy atom. The molecular weight excluding hydrogens is 408 g/mol. The van der Waals surface area contributed by atoms with Gasteiger partial charge in [-0.3, -0.25) is 24.5 Å². The van der Waals surface area contributed by atoms with Gasteiger partial charge in [0.2, 0.25) is 0 Å². The summed E-state index contributed by atoms with van der Waals surface area (Å²) in [5.41, 5.74) is 4.48. The molecule has 1 aliphatic rings. The molecule has 1 aromatic heterocycles. The van der Waals surface area contributed by atoms with Crippen LogP contribution in [0.4, 0.5) is 0 Å². The number of Topliss-reactive ketones (excluding diaryl/α,β-unsaturated/α-hetero) is 1. The number of benzene rings is 1. The first kappa shape index (κ1) is 23.4. The Morgan fingerprint density at radius 3 is 2.34 bits per heavy atom. The predicted octanol–water partition coefficient (Wildman–Crippen LogP) is 2.43. The summed E-state index contributed by atoms with van der Waals surface area (Å²) < 4.78 is 5.11. The summed E-state index contributed by atoms with van der Waals surface area (Å²) in [7, 11) is 1.45. The second-order valence-electron chi connectivity index (χ2n) is 8.04. The number of nitrogens with zero attached hydrogens (tertiary/aromatic N) is 4. The lowest BCUT2D eigenvalue weighted by Crippen LogP contribution is -2.49. The largest absolute Gasteiger partial charge is 0.504 e. The lowest BCUT2D eigenvalue weighted by Gasteiger charge is -2.35.